The number of nitrogens with zero attached hydrogens (tertiary/aromatic N) is 3. The number of hydrogen-bond donors (Lipinski definition) is 1. The number of morpholine rings is 1. The molecule has 2 aromatic heterocycles. The molecule has 0 radical (unpaired) electrons. The van der Waals surface area contributed by atoms with E-state index in [-0.39, 0.29) is 24.0 Å². The molecule has 3 heterocycles. The van der Waals surface area contributed by atoms with Gasteiger partial charge in [-0.05, 0) is 45.4 Å². The highest BCUT2D eigenvalue weighted by Gasteiger charge is 2.46. The molecule has 0 bridgehead atoms. The van der Waals surface area contributed by atoms with Crippen molar-refractivity contribution in [2.45, 2.75) is 45.4 Å². The lowest BCUT2D eigenvalue weighted by molar-refractivity contribution is -0.102. The molecule has 7 nitrogen and oxygen atoms in total. The van der Waals surface area contributed by atoms with E-state index in [9.17, 15) is 4.79 Å². The zero-order valence-electron chi connectivity index (χ0n) is 18.5. The van der Waals surface area contributed by atoms with E-state index in [0.29, 0.717) is 17.8 Å². The molecule has 1 aliphatic carbocycles. The van der Waals surface area contributed by atoms with Crippen molar-refractivity contribution in [3.63, 3.8) is 0 Å². The van der Waals surface area contributed by atoms with Crippen molar-refractivity contribution >= 4 is 5.91 Å². The molecular formula is C24H30N4O3. The molecule has 1 fully saturated rings. The summed E-state index contributed by atoms with van der Waals surface area (Å²) in [5.41, 5.74) is 2.78. The predicted molar refractivity (Wildman–Crippen MR) is 118 cm³/mol. The van der Waals surface area contributed by atoms with Crippen molar-refractivity contribution in [1.82, 2.24) is 20.4 Å². The van der Waals surface area contributed by atoms with Crippen molar-refractivity contribution in [3.8, 4) is 0 Å². The van der Waals surface area contributed by atoms with Crippen molar-refractivity contribution in [2.24, 2.45) is 5.92 Å². The van der Waals surface area contributed by atoms with E-state index in [1.54, 1.807) is 6.92 Å². The van der Waals surface area contributed by atoms with Crippen molar-refractivity contribution in [1.29, 1.82) is 0 Å². The van der Waals surface area contributed by atoms with Crippen LogP contribution in [-0.4, -0.2) is 52.8 Å². The normalized spacial score (nSPS) is 28.6. The number of ether oxygens (including phenoxy) is 1. The molecule has 2 unspecified atom stereocenters. The minimum Gasteiger partial charge on any atom is -0.373 e. The number of aryl methyl sites for hydroxylation is 2. The highest BCUT2D eigenvalue weighted by atomic mass is 16.5. The Bertz CT molecular complexity index is 988. The molecule has 2 aromatic rings. The van der Waals surface area contributed by atoms with E-state index in [2.05, 4.69) is 70.6 Å². The van der Waals surface area contributed by atoms with E-state index in [1.807, 2.05) is 13.1 Å². The number of aromatic nitrogens is 2. The van der Waals surface area contributed by atoms with E-state index >= 15 is 0 Å². The molecule has 1 N–H and O–H groups in total. The fraction of sp³-hybridized carbons (Fsp3) is 0.458. The second-order valence-corrected chi connectivity index (χ2v) is 8.55. The number of nitrogens with one attached hydrogen (secondary N) is 1. The Morgan fingerprint density at radius 2 is 2.03 bits per heavy atom. The Hall–Kier alpha value is -2.77. The molecule has 1 amide bonds. The topological polar surface area (TPSA) is 80.5 Å². The summed E-state index contributed by atoms with van der Waals surface area (Å²) in [7, 11) is 0. The molecule has 4 rings (SSSR count). The lowest BCUT2D eigenvalue weighted by atomic mass is 9.73. The van der Waals surface area contributed by atoms with Crippen LogP contribution in [0, 0.1) is 19.8 Å². The Balaban J connectivity index is 1.69. The quantitative estimate of drug-likeness (QED) is 0.797. The summed E-state index contributed by atoms with van der Waals surface area (Å²) in [5, 5.41) is 6.92. The molecule has 1 saturated heterocycles. The van der Waals surface area contributed by atoms with Crippen LogP contribution in [-0.2, 0) is 10.3 Å². The molecule has 0 spiro atoms. The van der Waals surface area contributed by atoms with Crippen LogP contribution in [0.25, 0.3) is 0 Å². The third-order valence-corrected chi connectivity index (χ3v) is 6.15. The minimum atomic E-state index is -0.411. The molecule has 4 atom stereocenters. The third kappa shape index (κ3) is 4.20. The summed E-state index contributed by atoms with van der Waals surface area (Å²) in [6.45, 7) is 10.1. The summed E-state index contributed by atoms with van der Waals surface area (Å²) < 4.78 is 11.0. The van der Waals surface area contributed by atoms with Gasteiger partial charge in [0.15, 0.2) is 0 Å². The van der Waals surface area contributed by atoms with E-state index in [4.69, 9.17) is 9.26 Å². The SMILES string of the molecule is Cc1cc(C2(N3C[C@@H](C)O[C@@H](C)C3)C=CC=CC2CNC(=O)c2conc2C)ccn1. The van der Waals surface area contributed by atoms with Gasteiger partial charge in [0.1, 0.15) is 11.8 Å². The van der Waals surface area contributed by atoms with Crippen LogP contribution in [0.2, 0.25) is 0 Å². The van der Waals surface area contributed by atoms with Gasteiger partial charge in [-0.2, -0.15) is 0 Å². The van der Waals surface area contributed by atoms with E-state index < -0.39 is 5.54 Å². The van der Waals surface area contributed by atoms with E-state index in [0.717, 1.165) is 18.8 Å². The molecule has 2 aliphatic rings. The summed E-state index contributed by atoms with van der Waals surface area (Å²) in [6.07, 6.45) is 12.1. The van der Waals surface area contributed by atoms with Gasteiger partial charge < -0.3 is 14.6 Å². The first kappa shape index (κ1) is 21.5. The monoisotopic (exact) mass is 422 g/mol. The number of rotatable bonds is 5. The number of amides is 1. The third-order valence-electron chi connectivity index (χ3n) is 6.15. The largest absolute Gasteiger partial charge is 0.373 e. The highest BCUT2D eigenvalue weighted by molar-refractivity contribution is 5.94. The van der Waals surface area contributed by atoms with Gasteiger partial charge >= 0.3 is 0 Å². The predicted octanol–water partition coefficient (Wildman–Crippen LogP) is 3.16. The maximum absolute atomic E-state index is 12.8. The fourth-order valence-corrected chi connectivity index (χ4v) is 4.81. The molecule has 0 aromatic carbocycles. The van der Waals surface area contributed by atoms with Gasteiger partial charge in [0.25, 0.3) is 5.91 Å². The Morgan fingerprint density at radius 1 is 1.26 bits per heavy atom. The maximum atomic E-state index is 12.8. The Kier molecular flexibility index (Phi) is 6.07. The molecule has 31 heavy (non-hydrogen) atoms. The van der Waals surface area contributed by atoms with Crippen LogP contribution in [0.15, 0.2) is 53.4 Å². The van der Waals surface area contributed by atoms with Gasteiger partial charge in [0, 0.05) is 37.4 Å². The van der Waals surface area contributed by atoms with E-state index in [1.165, 1.54) is 11.8 Å². The number of carbonyl (C=O) groups excluding carboxylic acids is 1. The summed E-state index contributed by atoms with van der Waals surface area (Å²) in [6, 6.07) is 4.23. The Labute approximate surface area is 183 Å². The van der Waals surface area contributed by atoms with Crippen molar-refractivity contribution < 1.29 is 14.1 Å². The first-order chi connectivity index (χ1) is 14.9. The van der Waals surface area contributed by atoms with Crippen LogP contribution in [0.5, 0.6) is 0 Å². The van der Waals surface area contributed by atoms with Crippen LogP contribution in [0.1, 0.15) is 41.2 Å². The first-order valence-corrected chi connectivity index (χ1v) is 10.8. The van der Waals surface area contributed by atoms with Gasteiger partial charge in [-0.25, -0.2) is 0 Å². The average Bonchev–Trinajstić information content (AvgIpc) is 3.17. The number of hydrogen-bond acceptors (Lipinski definition) is 6. The number of carbonyl (C=O) groups is 1. The standard InChI is InChI=1S/C24H30N4O3/c1-16-11-20(8-10-25-16)24(28-13-17(2)31-18(3)14-28)9-6-5-7-21(24)12-26-23(29)22-15-30-27-19(22)4/h5-11,15,17-18,21H,12-14H2,1-4H3,(H,26,29)/t17-,18+,21?,24?. The summed E-state index contributed by atoms with van der Waals surface area (Å²) >= 11 is 0. The zero-order chi connectivity index (χ0) is 22.0. The first-order valence-electron chi connectivity index (χ1n) is 10.8. The summed E-state index contributed by atoms with van der Waals surface area (Å²) in [5.74, 6) is -0.147. The van der Waals surface area contributed by atoms with Crippen molar-refractivity contribution in [3.05, 3.63) is 71.4 Å². The van der Waals surface area contributed by atoms with Crippen LogP contribution >= 0.6 is 0 Å². The second-order valence-electron chi connectivity index (χ2n) is 8.55. The van der Waals surface area contributed by atoms with Gasteiger partial charge in [-0.3, -0.25) is 14.7 Å². The maximum Gasteiger partial charge on any atom is 0.256 e. The molecule has 1 aliphatic heterocycles. The fourth-order valence-electron chi connectivity index (χ4n) is 4.81. The molecular weight excluding hydrogens is 392 g/mol. The second kappa shape index (κ2) is 8.77. The lowest BCUT2D eigenvalue weighted by Crippen LogP contribution is -2.59. The summed E-state index contributed by atoms with van der Waals surface area (Å²) in [4.78, 5) is 19.7. The number of allylic oxidation sites excluding steroid dienone is 2. The van der Waals surface area contributed by atoms with Crippen LogP contribution in [0.4, 0.5) is 0 Å². The van der Waals surface area contributed by atoms with Crippen LogP contribution < -0.4 is 5.32 Å². The van der Waals surface area contributed by atoms with Gasteiger partial charge in [-0.15, -0.1) is 0 Å². The highest BCUT2D eigenvalue weighted by Crippen LogP contribution is 2.42. The lowest BCUT2D eigenvalue weighted by Gasteiger charge is -2.51. The van der Waals surface area contributed by atoms with Gasteiger partial charge in [0.2, 0.25) is 0 Å². The molecule has 7 heteroatoms. The average molecular weight is 423 g/mol. The minimum absolute atomic E-state index is 0.0286. The van der Waals surface area contributed by atoms with Gasteiger partial charge in [0.05, 0.1) is 23.4 Å². The zero-order valence-corrected chi connectivity index (χ0v) is 18.5. The number of pyridine rings is 1. The molecule has 164 valence electrons. The smallest absolute Gasteiger partial charge is 0.256 e. The molecule has 0 saturated carbocycles. The Morgan fingerprint density at radius 3 is 2.71 bits per heavy atom. The van der Waals surface area contributed by atoms with Crippen LogP contribution in [0.3, 0.4) is 0 Å². The van der Waals surface area contributed by atoms with Gasteiger partial charge in [-0.1, -0.05) is 29.5 Å². The van der Waals surface area contributed by atoms with Crippen molar-refractivity contribution in [2.75, 3.05) is 19.6 Å².